The van der Waals surface area contributed by atoms with E-state index in [1.54, 1.807) is 0 Å². The van der Waals surface area contributed by atoms with Crippen molar-refractivity contribution in [3.63, 3.8) is 0 Å². The Balaban J connectivity index is 1.20. The molecule has 1 unspecified atom stereocenters. The summed E-state index contributed by atoms with van der Waals surface area (Å²) in [6, 6.07) is 54.8. The Morgan fingerprint density at radius 3 is 1.90 bits per heavy atom. The zero-order chi connectivity index (χ0) is 39.3. The largest absolute Gasteiger partial charge is 0.456 e. The summed E-state index contributed by atoms with van der Waals surface area (Å²) >= 11 is 0. The van der Waals surface area contributed by atoms with E-state index in [0.717, 1.165) is 28.4 Å². The summed E-state index contributed by atoms with van der Waals surface area (Å²) < 4.78 is 6.31. The van der Waals surface area contributed by atoms with Crippen LogP contribution in [0.3, 0.4) is 0 Å². The Bertz CT molecular complexity index is 3220. The van der Waals surface area contributed by atoms with E-state index >= 15 is 0 Å². The quantitative estimate of drug-likeness (QED) is 0.164. The zero-order valence-corrected chi connectivity index (χ0v) is 33.9. The van der Waals surface area contributed by atoms with Crippen LogP contribution in [0.15, 0.2) is 174 Å². The maximum Gasteiger partial charge on any atom is 0.135 e. The molecular weight excluding hydrogens is 701 g/mol. The number of benzene rings is 8. The van der Waals surface area contributed by atoms with Gasteiger partial charge in [-0.15, -0.1) is 0 Å². The summed E-state index contributed by atoms with van der Waals surface area (Å²) in [6.07, 6.45) is 10.00. The van der Waals surface area contributed by atoms with Crippen LogP contribution in [0.25, 0.3) is 88.0 Å². The minimum Gasteiger partial charge on any atom is -0.456 e. The predicted molar refractivity (Wildman–Crippen MR) is 247 cm³/mol. The Morgan fingerprint density at radius 1 is 0.466 bits per heavy atom. The number of para-hydroxylation sites is 1. The summed E-state index contributed by atoms with van der Waals surface area (Å²) in [6.45, 7) is 11.9. The number of furan rings is 1. The maximum atomic E-state index is 6.31. The van der Waals surface area contributed by atoms with Crippen LogP contribution in [0.2, 0.25) is 0 Å². The van der Waals surface area contributed by atoms with E-state index in [4.69, 9.17) is 4.42 Å². The first kappa shape index (κ1) is 34.8. The van der Waals surface area contributed by atoms with Crippen LogP contribution in [0.4, 0.5) is 0 Å². The molecule has 1 atom stereocenters. The van der Waals surface area contributed by atoms with Gasteiger partial charge in [-0.05, 0) is 136 Å². The van der Waals surface area contributed by atoms with Gasteiger partial charge in [-0.3, -0.25) is 0 Å². The van der Waals surface area contributed by atoms with Crippen molar-refractivity contribution in [3.8, 4) is 44.5 Å². The van der Waals surface area contributed by atoms with Gasteiger partial charge < -0.3 is 4.42 Å². The molecule has 2 aliphatic carbocycles. The molecule has 1 nitrogen and oxygen atoms in total. The lowest BCUT2D eigenvalue weighted by molar-refractivity contribution is 0.407. The molecule has 0 spiro atoms. The van der Waals surface area contributed by atoms with Gasteiger partial charge in [0.2, 0.25) is 0 Å². The van der Waals surface area contributed by atoms with Gasteiger partial charge in [0, 0.05) is 16.2 Å². The van der Waals surface area contributed by atoms with Gasteiger partial charge in [0.15, 0.2) is 0 Å². The Labute approximate surface area is 341 Å². The molecule has 0 fully saturated rings. The normalized spacial score (nSPS) is 17.7. The summed E-state index contributed by atoms with van der Waals surface area (Å²) in [5, 5.41) is 7.31. The molecular formula is C57H46O. The van der Waals surface area contributed by atoms with Crippen LogP contribution in [-0.2, 0) is 17.3 Å². The predicted octanol–water partition coefficient (Wildman–Crippen LogP) is 15.8. The molecule has 8 aromatic carbocycles. The summed E-state index contributed by atoms with van der Waals surface area (Å²) in [7, 11) is 0. The second-order valence-electron chi connectivity index (χ2n) is 17.7. The molecule has 0 saturated carbocycles. The zero-order valence-electron chi connectivity index (χ0n) is 33.9. The van der Waals surface area contributed by atoms with E-state index in [2.05, 4.69) is 198 Å². The van der Waals surface area contributed by atoms with Crippen LogP contribution < -0.4 is 0 Å². The highest BCUT2D eigenvalue weighted by Gasteiger charge is 2.36. The number of fused-ring (bicyclic) bond motifs is 9. The van der Waals surface area contributed by atoms with Gasteiger partial charge in [-0.1, -0.05) is 174 Å². The standard InChI is InChI=1S/C57H46O/c1-35-15-7-6-8-16-36-23-24-38(33-50(36)56(35,2)3)37-25-29-46-48(31-37)55(40-26-28-42-41-17-11-13-21-49(41)57(4,5)51(42)34-40)45-20-10-9-19-44(45)54(46)39-27-30-53-47(32-39)43-18-12-14-22-52(43)58-53/h6-15,17-35H,16H2,1-5H3/b8-6-,15-7-. The van der Waals surface area contributed by atoms with Crippen molar-refractivity contribution in [2.75, 3.05) is 0 Å². The fraction of sp³-hybridized carbons (Fsp3) is 0.158. The lowest BCUT2D eigenvalue weighted by Crippen LogP contribution is -2.26. The monoisotopic (exact) mass is 746 g/mol. The molecule has 0 radical (unpaired) electrons. The van der Waals surface area contributed by atoms with E-state index in [1.807, 2.05) is 6.07 Å². The number of hydrogen-bond donors (Lipinski definition) is 0. The van der Waals surface area contributed by atoms with Crippen LogP contribution in [0.5, 0.6) is 0 Å². The first-order valence-electron chi connectivity index (χ1n) is 20.8. The highest BCUT2D eigenvalue weighted by Crippen LogP contribution is 2.52. The minimum absolute atomic E-state index is 0.0239. The average molecular weight is 747 g/mol. The second kappa shape index (κ2) is 12.8. The van der Waals surface area contributed by atoms with Gasteiger partial charge in [-0.25, -0.2) is 0 Å². The van der Waals surface area contributed by atoms with Gasteiger partial charge in [0.1, 0.15) is 11.2 Å². The van der Waals surface area contributed by atoms with Crippen molar-refractivity contribution < 1.29 is 4.42 Å². The Kier molecular flexibility index (Phi) is 7.67. The third-order valence-electron chi connectivity index (χ3n) is 13.8. The van der Waals surface area contributed by atoms with Gasteiger partial charge in [0.05, 0.1) is 0 Å². The third-order valence-corrected chi connectivity index (χ3v) is 13.8. The lowest BCUT2D eigenvalue weighted by atomic mass is 9.71. The SMILES string of the molecule is CC1/C=C\C=C/Cc2ccc(-c3ccc4c(-c5ccc6oc7ccccc7c6c5)c5ccccc5c(-c5ccc6c(c5)C(C)(C)c5ccccc5-6)c4c3)cc2C1(C)C. The van der Waals surface area contributed by atoms with Crippen molar-refractivity contribution in [1.29, 1.82) is 0 Å². The summed E-state index contributed by atoms with van der Waals surface area (Å²) in [4.78, 5) is 0. The molecule has 58 heavy (non-hydrogen) atoms. The van der Waals surface area contributed by atoms with Gasteiger partial charge >= 0.3 is 0 Å². The molecule has 0 aliphatic heterocycles. The fourth-order valence-electron chi connectivity index (χ4n) is 10.2. The molecule has 0 bridgehead atoms. The average Bonchev–Trinajstić information content (AvgIpc) is 3.74. The van der Waals surface area contributed by atoms with Crippen molar-refractivity contribution in [1.82, 2.24) is 0 Å². The lowest BCUT2D eigenvalue weighted by Gasteiger charge is -2.33. The molecule has 11 rings (SSSR count). The molecule has 1 heteroatoms. The van der Waals surface area contributed by atoms with E-state index < -0.39 is 0 Å². The van der Waals surface area contributed by atoms with Crippen LogP contribution in [-0.4, -0.2) is 0 Å². The van der Waals surface area contributed by atoms with Crippen molar-refractivity contribution in [3.05, 3.63) is 192 Å². The van der Waals surface area contributed by atoms with E-state index in [1.165, 1.54) is 88.3 Å². The molecule has 0 saturated heterocycles. The first-order valence-corrected chi connectivity index (χ1v) is 20.8. The Hall–Kier alpha value is -6.44. The number of rotatable bonds is 3. The molecule has 9 aromatic rings. The van der Waals surface area contributed by atoms with E-state index in [0.29, 0.717) is 5.92 Å². The summed E-state index contributed by atoms with van der Waals surface area (Å²) in [5.41, 5.74) is 17.5. The molecule has 2 aliphatic rings. The Morgan fingerprint density at radius 2 is 1.05 bits per heavy atom. The van der Waals surface area contributed by atoms with E-state index in [-0.39, 0.29) is 10.8 Å². The van der Waals surface area contributed by atoms with Crippen molar-refractivity contribution in [2.45, 2.75) is 51.9 Å². The van der Waals surface area contributed by atoms with Crippen LogP contribution in [0.1, 0.15) is 56.9 Å². The second-order valence-corrected chi connectivity index (χ2v) is 17.7. The highest BCUT2D eigenvalue weighted by atomic mass is 16.3. The highest BCUT2D eigenvalue weighted by molar-refractivity contribution is 6.23. The minimum atomic E-state index is -0.102. The van der Waals surface area contributed by atoms with Crippen molar-refractivity contribution >= 4 is 43.5 Å². The molecule has 0 N–H and O–H groups in total. The number of hydrogen-bond acceptors (Lipinski definition) is 1. The molecule has 280 valence electrons. The summed E-state index contributed by atoms with van der Waals surface area (Å²) in [5.74, 6) is 0.390. The van der Waals surface area contributed by atoms with E-state index in [9.17, 15) is 0 Å². The molecule has 1 heterocycles. The smallest absolute Gasteiger partial charge is 0.135 e. The van der Waals surface area contributed by atoms with Crippen LogP contribution in [0, 0.1) is 5.92 Å². The van der Waals surface area contributed by atoms with Gasteiger partial charge in [0.25, 0.3) is 0 Å². The number of allylic oxidation sites excluding steroid dienone is 4. The molecule has 0 amide bonds. The fourth-order valence-corrected chi connectivity index (χ4v) is 10.2. The first-order chi connectivity index (χ1) is 28.2. The topological polar surface area (TPSA) is 13.1 Å². The van der Waals surface area contributed by atoms with Gasteiger partial charge in [-0.2, -0.15) is 0 Å². The molecule has 1 aromatic heterocycles. The van der Waals surface area contributed by atoms with Crippen LogP contribution >= 0.6 is 0 Å². The third kappa shape index (κ3) is 5.16. The van der Waals surface area contributed by atoms with Crippen molar-refractivity contribution in [2.24, 2.45) is 5.92 Å². The maximum absolute atomic E-state index is 6.31.